The van der Waals surface area contributed by atoms with Gasteiger partial charge in [0.25, 0.3) is 10.1 Å². The monoisotopic (exact) mass is 202 g/mol. The van der Waals surface area contributed by atoms with Gasteiger partial charge in [-0.25, -0.2) is 4.98 Å². The molecule has 0 bridgehead atoms. The number of fused-ring (bicyclic) bond motifs is 1. The van der Waals surface area contributed by atoms with Crippen molar-refractivity contribution in [1.82, 2.24) is 9.55 Å². The predicted molar refractivity (Wildman–Crippen MR) is 45.6 cm³/mol. The van der Waals surface area contributed by atoms with Crippen molar-refractivity contribution < 1.29 is 12.6 Å². The summed E-state index contributed by atoms with van der Waals surface area (Å²) in [6, 6.07) is 0. The van der Waals surface area contributed by atoms with Crippen molar-refractivity contribution in [1.29, 1.82) is 0 Å². The lowest BCUT2D eigenvalue weighted by molar-refractivity contribution is 0.211. The Hall–Kier alpha value is -0.880. The molecule has 2 rings (SSSR count). The molecule has 1 aliphatic heterocycles. The summed E-state index contributed by atoms with van der Waals surface area (Å²) in [4.78, 5) is 4.07. The van der Waals surface area contributed by atoms with Crippen LogP contribution in [0, 0.1) is 0 Å². The van der Waals surface area contributed by atoms with Crippen LogP contribution in [0.2, 0.25) is 0 Å². The quantitative estimate of drug-likeness (QED) is 0.622. The van der Waals surface area contributed by atoms with Gasteiger partial charge in [-0.05, 0) is 0 Å². The van der Waals surface area contributed by atoms with Gasteiger partial charge < -0.3 is 4.57 Å². The van der Waals surface area contributed by atoms with Crippen molar-refractivity contribution in [2.24, 2.45) is 0 Å². The Morgan fingerprint density at radius 3 is 3.08 bits per heavy atom. The topological polar surface area (TPSA) is 61.2 Å². The van der Waals surface area contributed by atoms with Crippen molar-refractivity contribution >= 4 is 10.1 Å². The molecule has 0 spiro atoms. The first-order chi connectivity index (χ1) is 6.04. The van der Waals surface area contributed by atoms with Gasteiger partial charge in [-0.1, -0.05) is 0 Å². The Bertz CT molecular complexity index is 389. The maximum atomic E-state index is 10.8. The SMILES string of the molecule is CS(=O)(=O)O[C@@H]1Cc2nccn2C1. The molecule has 1 aromatic heterocycles. The van der Waals surface area contributed by atoms with Gasteiger partial charge in [-0.15, -0.1) is 0 Å². The van der Waals surface area contributed by atoms with E-state index in [1.807, 2.05) is 10.8 Å². The second kappa shape index (κ2) is 2.81. The zero-order chi connectivity index (χ0) is 9.47. The first kappa shape index (κ1) is 8.71. The van der Waals surface area contributed by atoms with Crippen molar-refractivity contribution in [3.63, 3.8) is 0 Å². The van der Waals surface area contributed by atoms with Gasteiger partial charge in [-0.2, -0.15) is 8.42 Å². The molecular weight excluding hydrogens is 192 g/mol. The highest BCUT2D eigenvalue weighted by Crippen LogP contribution is 2.16. The molecule has 0 saturated heterocycles. The summed E-state index contributed by atoms with van der Waals surface area (Å²) in [5, 5.41) is 0. The maximum Gasteiger partial charge on any atom is 0.264 e. The lowest BCUT2D eigenvalue weighted by atomic mass is 10.3. The smallest absolute Gasteiger partial charge is 0.264 e. The van der Waals surface area contributed by atoms with E-state index in [0.29, 0.717) is 13.0 Å². The fourth-order valence-electron chi connectivity index (χ4n) is 1.50. The van der Waals surface area contributed by atoms with Crippen molar-refractivity contribution in [3.05, 3.63) is 18.2 Å². The summed E-state index contributed by atoms with van der Waals surface area (Å²) in [6.07, 6.45) is 4.87. The third-order valence-corrected chi connectivity index (χ3v) is 2.54. The molecule has 1 aromatic rings. The minimum atomic E-state index is -3.34. The lowest BCUT2D eigenvalue weighted by Gasteiger charge is -2.06. The van der Waals surface area contributed by atoms with E-state index in [4.69, 9.17) is 4.18 Å². The van der Waals surface area contributed by atoms with Crippen molar-refractivity contribution in [2.75, 3.05) is 6.26 Å². The van der Waals surface area contributed by atoms with Crippen LogP contribution in [0.1, 0.15) is 5.82 Å². The predicted octanol–water partition coefficient (Wildman–Crippen LogP) is -0.216. The van der Waals surface area contributed by atoms with Crippen LogP contribution in [-0.2, 0) is 27.3 Å². The van der Waals surface area contributed by atoms with Gasteiger partial charge in [0.15, 0.2) is 0 Å². The average Bonchev–Trinajstić information content (AvgIpc) is 2.40. The molecule has 0 aromatic carbocycles. The van der Waals surface area contributed by atoms with Gasteiger partial charge in [0.1, 0.15) is 11.9 Å². The van der Waals surface area contributed by atoms with Crippen LogP contribution in [0.3, 0.4) is 0 Å². The second-order valence-electron chi connectivity index (χ2n) is 3.12. The van der Waals surface area contributed by atoms with E-state index in [2.05, 4.69) is 4.98 Å². The first-order valence-corrected chi connectivity index (χ1v) is 5.74. The van der Waals surface area contributed by atoms with Crippen LogP contribution in [0.5, 0.6) is 0 Å². The molecule has 13 heavy (non-hydrogen) atoms. The fourth-order valence-corrected chi connectivity index (χ4v) is 2.12. The van der Waals surface area contributed by atoms with E-state index in [0.717, 1.165) is 12.1 Å². The first-order valence-electron chi connectivity index (χ1n) is 3.93. The van der Waals surface area contributed by atoms with Gasteiger partial charge in [0.05, 0.1) is 12.8 Å². The molecular formula is C7H10N2O3S. The van der Waals surface area contributed by atoms with E-state index in [-0.39, 0.29) is 6.10 Å². The Morgan fingerprint density at radius 1 is 1.69 bits per heavy atom. The standard InChI is InChI=1S/C7H10N2O3S/c1-13(10,11)12-6-4-7-8-2-3-9(7)5-6/h2-3,6H,4-5H2,1H3/t6-/m1/s1. The molecule has 0 N–H and O–H groups in total. The van der Waals surface area contributed by atoms with E-state index in [9.17, 15) is 8.42 Å². The normalized spacial score (nSPS) is 21.8. The van der Waals surface area contributed by atoms with E-state index in [1.54, 1.807) is 6.20 Å². The molecule has 6 heteroatoms. The van der Waals surface area contributed by atoms with Gasteiger partial charge >= 0.3 is 0 Å². The molecule has 0 saturated carbocycles. The number of hydrogen-bond acceptors (Lipinski definition) is 4. The van der Waals surface area contributed by atoms with Gasteiger partial charge in [0.2, 0.25) is 0 Å². The highest BCUT2D eigenvalue weighted by molar-refractivity contribution is 7.86. The molecule has 0 fully saturated rings. The Labute approximate surface area is 76.5 Å². The van der Waals surface area contributed by atoms with Crippen LogP contribution in [-0.4, -0.2) is 30.3 Å². The van der Waals surface area contributed by atoms with Crippen LogP contribution in [0.4, 0.5) is 0 Å². The maximum absolute atomic E-state index is 10.8. The summed E-state index contributed by atoms with van der Waals surface area (Å²) in [6.45, 7) is 0.572. The molecule has 0 unspecified atom stereocenters. The van der Waals surface area contributed by atoms with Gasteiger partial charge in [0, 0.05) is 18.8 Å². The van der Waals surface area contributed by atoms with Crippen LogP contribution >= 0.6 is 0 Å². The fraction of sp³-hybridized carbons (Fsp3) is 0.571. The molecule has 5 nitrogen and oxygen atoms in total. The summed E-state index contributed by atoms with van der Waals surface area (Å²) in [5.41, 5.74) is 0. The molecule has 1 atom stereocenters. The highest BCUT2D eigenvalue weighted by atomic mass is 32.2. The minimum absolute atomic E-state index is 0.279. The number of nitrogens with zero attached hydrogens (tertiary/aromatic N) is 2. The van der Waals surface area contributed by atoms with E-state index in [1.165, 1.54) is 0 Å². The van der Waals surface area contributed by atoms with Crippen LogP contribution in [0.15, 0.2) is 12.4 Å². The third-order valence-electron chi connectivity index (χ3n) is 1.92. The van der Waals surface area contributed by atoms with Crippen LogP contribution in [0.25, 0.3) is 0 Å². The zero-order valence-electron chi connectivity index (χ0n) is 7.17. The number of hydrogen-bond donors (Lipinski definition) is 0. The lowest BCUT2D eigenvalue weighted by Crippen LogP contribution is -2.18. The Kier molecular flexibility index (Phi) is 1.88. The largest absolute Gasteiger partial charge is 0.332 e. The Morgan fingerprint density at radius 2 is 2.46 bits per heavy atom. The minimum Gasteiger partial charge on any atom is -0.332 e. The van der Waals surface area contributed by atoms with E-state index < -0.39 is 10.1 Å². The molecule has 72 valence electrons. The molecule has 0 radical (unpaired) electrons. The molecule has 2 heterocycles. The highest BCUT2D eigenvalue weighted by Gasteiger charge is 2.25. The number of aromatic nitrogens is 2. The van der Waals surface area contributed by atoms with E-state index >= 15 is 0 Å². The van der Waals surface area contributed by atoms with Crippen molar-refractivity contribution in [2.45, 2.75) is 19.1 Å². The van der Waals surface area contributed by atoms with Crippen LogP contribution < -0.4 is 0 Å². The summed E-state index contributed by atoms with van der Waals surface area (Å²) in [5.74, 6) is 0.883. The summed E-state index contributed by atoms with van der Waals surface area (Å²) >= 11 is 0. The number of imidazole rings is 1. The molecule has 0 aliphatic carbocycles. The average molecular weight is 202 g/mol. The zero-order valence-corrected chi connectivity index (χ0v) is 7.99. The molecule has 0 amide bonds. The number of rotatable bonds is 2. The third kappa shape index (κ3) is 1.89. The Balaban J connectivity index is 2.07. The van der Waals surface area contributed by atoms with Gasteiger partial charge in [-0.3, -0.25) is 4.18 Å². The second-order valence-corrected chi connectivity index (χ2v) is 4.72. The summed E-state index contributed by atoms with van der Waals surface area (Å²) < 4.78 is 28.4. The summed E-state index contributed by atoms with van der Waals surface area (Å²) in [7, 11) is -3.34. The molecule has 1 aliphatic rings. The van der Waals surface area contributed by atoms with Crippen molar-refractivity contribution in [3.8, 4) is 0 Å².